The molecule has 3 heterocycles. The Hall–Kier alpha value is -2.71. The van der Waals surface area contributed by atoms with E-state index in [-0.39, 0.29) is 23.0 Å². The maximum Gasteiger partial charge on any atom is 0.332 e. The van der Waals surface area contributed by atoms with Crippen molar-refractivity contribution in [2.45, 2.75) is 46.0 Å². The molecule has 2 aromatic rings. The van der Waals surface area contributed by atoms with Crippen LogP contribution in [0.15, 0.2) is 9.59 Å². The van der Waals surface area contributed by atoms with Crippen LogP contribution in [0.25, 0.3) is 11.2 Å². The summed E-state index contributed by atoms with van der Waals surface area (Å²) in [5, 5.41) is 0. The number of rotatable bonds is 6. The quantitative estimate of drug-likeness (QED) is 0.702. The maximum atomic E-state index is 13.1. The average Bonchev–Trinajstić information content (AvgIpc) is 3.05. The number of aromatic nitrogens is 4. The van der Waals surface area contributed by atoms with E-state index >= 15 is 0 Å². The zero-order valence-electron chi connectivity index (χ0n) is 16.2. The molecule has 3 rings (SSSR count). The molecule has 9 nitrogen and oxygen atoms in total. The molecule has 2 aromatic heterocycles. The molecular formula is C18H25N5O4. The minimum absolute atomic E-state index is 0.0510. The van der Waals surface area contributed by atoms with Crippen LogP contribution in [0, 0.1) is 5.92 Å². The Balaban J connectivity index is 2.31. The summed E-state index contributed by atoms with van der Waals surface area (Å²) in [6, 6.07) is 0. The zero-order valence-corrected chi connectivity index (χ0v) is 16.2. The van der Waals surface area contributed by atoms with Crippen molar-refractivity contribution in [3.8, 4) is 0 Å². The van der Waals surface area contributed by atoms with E-state index in [1.54, 1.807) is 0 Å². The van der Waals surface area contributed by atoms with Crippen molar-refractivity contribution in [1.82, 2.24) is 18.7 Å². The third-order valence-corrected chi connectivity index (χ3v) is 5.15. The number of carbonyl (C=O) groups is 2. The van der Waals surface area contributed by atoms with Gasteiger partial charge in [-0.3, -0.25) is 28.4 Å². The molecule has 0 spiro atoms. The summed E-state index contributed by atoms with van der Waals surface area (Å²) in [7, 11) is 2.87. The van der Waals surface area contributed by atoms with Crippen molar-refractivity contribution in [3.63, 3.8) is 0 Å². The number of aryl methyl sites for hydroxylation is 1. The fourth-order valence-electron chi connectivity index (χ4n) is 3.50. The molecule has 0 saturated heterocycles. The van der Waals surface area contributed by atoms with Crippen LogP contribution in [-0.2, 0) is 18.9 Å². The van der Waals surface area contributed by atoms with E-state index in [0.717, 1.165) is 30.3 Å². The van der Waals surface area contributed by atoms with E-state index < -0.39 is 23.1 Å². The Morgan fingerprint density at radius 3 is 2.22 bits per heavy atom. The molecular weight excluding hydrogens is 350 g/mol. The highest BCUT2D eigenvalue weighted by molar-refractivity contribution is 6.14. The number of hydrogen-bond acceptors (Lipinski definition) is 5. The summed E-state index contributed by atoms with van der Waals surface area (Å²) in [5.74, 6) is -1.39. The molecule has 1 atom stereocenters. The highest BCUT2D eigenvalue weighted by Crippen LogP contribution is 2.30. The molecule has 1 amide bonds. The third-order valence-electron chi connectivity index (χ3n) is 5.15. The zero-order chi connectivity index (χ0) is 19.9. The van der Waals surface area contributed by atoms with Crippen LogP contribution in [-0.4, -0.2) is 37.0 Å². The first-order valence-electron chi connectivity index (χ1n) is 9.39. The van der Waals surface area contributed by atoms with Gasteiger partial charge in [-0.25, -0.2) is 9.36 Å². The van der Waals surface area contributed by atoms with Gasteiger partial charge in [-0.1, -0.05) is 33.1 Å². The van der Waals surface area contributed by atoms with Gasteiger partial charge in [0.1, 0.15) is 5.92 Å². The SMILES string of the molecule is CCCCC1C(=O)N(CCCC)c2nc3c(c(=O)n(C)c(=O)n3C)n2C1=O. The summed E-state index contributed by atoms with van der Waals surface area (Å²) in [6.45, 7) is 4.43. The normalized spacial score (nSPS) is 17.0. The van der Waals surface area contributed by atoms with Gasteiger partial charge in [-0.05, 0) is 12.8 Å². The molecule has 0 fully saturated rings. The van der Waals surface area contributed by atoms with Gasteiger partial charge < -0.3 is 0 Å². The average molecular weight is 375 g/mol. The number of hydrogen-bond donors (Lipinski definition) is 0. The van der Waals surface area contributed by atoms with Crippen LogP contribution in [0.3, 0.4) is 0 Å². The van der Waals surface area contributed by atoms with Gasteiger partial charge in [0, 0.05) is 20.6 Å². The van der Waals surface area contributed by atoms with Crippen LogP contribution < -0.4 is 16.1 Å². The number of anilines is 1. The van der Waals surface area contributed by atoms with E-state index in [4.69, 9.17) is 0 Å². The standard InChI is InChI=1S/C18H25N5O4/c1-5-7-9-11-14(24)22(10-8-6-2)17-19-13-12(23(17)15(11)25)16(26)21(4)18(27)20(13)3/h11H,5-10H2,1-4H3. The van der Waals surface area contributed by atoms with Gasteiger partial charge in [0.05, 0.1) is 0 Å². The highest BCUT2D eigenvalue weighted by Gasteiger charge is 2.42. The van der Waals surface area contributed by atoms with Gasteiger partial charge >= 0.3 is 5.69 Å². The largest absolute Gasteiger partial charge is 0.332 e. The van der Waals surface area contributed by atoms with Crippen molar-refractivity contribution >= 4 is 28.9 Å². The molecule has 0 aromatic carbocycles. The summed E-state index contributed by atoms with van der Waals surface area (Å²) < 4.78 is 3.44. The second-order valence-electron chi connectivity index (χ2n) is 7.00. The number of nitrogens with zero attached hydrogens (tertiary/aromatic N) is 5. The lowest BCUT2D eigenvalue weighted by Gasteiger charge is -2.31. The Morgan fingerprint density at radius 1 is 0.926 bits per heavy atom. The number of carbonyl (C=O) groups excluding carboxylic acids is 2. The molecule has 1 aliphatic rings. The summed E-state index contributed by atoms with van der Waals surface area (Å²) in [4.78, 5) is 56.9. The first kappa shape index (κ1) is 19.1. The monoisotopic (exact) mass is 375 g/mol. The van der Waals surface area contributed by atoms with E-state index in [0.29, 0.717) is 13.0 Å². The van der Waals surface area contributed by atoms with Crippen LogP contribution >= 0.6 is 0 Å². The first-order valence-corrected chi connectivity index (χ1v) is 9.39. The smallest absolute Gasteiger partial charge is 0.281 e. The molecule has 0 N–H and O–H groups in total. The Morgan fingerprint density at radius 2 is 1.59 bits per heavy atom. The van der Waals surface area contributed by atoms with Gasteiger partial charge in [0.25, 0.3) is 5.56 Å². The minimum Gasteiger partial charge on any atom is -0.281 e. The molecule has 1 unspecified atom stereocenters. The van der Waals surface area contributed by atoms with Gasteiger partial charge in [0.15, 0.2) is 11.2 Å². The first-order chi connectivity index (χ1) is 12.8. The lowest BCUT2D eigenvalue weighted by molar-refractivity contribution is -0.121. The molecule has 0 aliphatic carbocycles. The second kappa shape index (κ2) is 7.13. The Kier molecular flexibility index (Phi) is 5.03. The van der Waals surface area contributed by atoms with Crippen molar-refractivity contribution in [3.05, 3.63) is 20.8 Å². The summed E-state index contributed by atoms with van der Waals surface area (Å²) >= 11 is 0. The third kappa shape index (κ3) is 2.81. The second-order valence-corrected chi connectivity index (χ2v) is 7.00. The highest BCUT2D eigenvalue weighted by atomic mass is 16.2. The van der Waals surface area contributed by atoms with Crippen LogP contribution in [0.1, 0.15) is 50.7 Å². The molecule has 1 aliphatic heterocycles. The molecule has 0 saturated carbocycles. The van der Waals surface area contributed by atoms with Crippen LogP contribution in [0.2, 0.25) is 0 Å². The Bertz CT molecular complexity index is 1030. The van der Waals surface area contributed by atoms with Gasteiger partial charge in [-0.15, -0.1) is 0 Å². The predicted octanol–water partition coefficient (Wildman–Crippen LogP) is 1.03. The number of fused-ring (bicyclic) bond motifs is 3. The maximum absolute atomic E-state index is 13.1. The van der Waals surface area contributed by atoms with Crippen LogP contribution in [0.5, 0.6) is 0 Å². The molecule has 0 bridgehead atoms. The fraction of sp³-hybridized carbons (Fsp3) is 0.611. The fourth-order valence-corrected chi connectivity index (χ4v) is 3.50. The van der Waals surface area contributed by atoms with Gasteiger partial charge in [0.2, 0.25) is 17.8 Å². The number of unbranched alkanes of at least 4 members (excludes halogenated alkanes) is 2. The molecule has 0 radical (unpaired) electrons. The van der Waals surface area contributed by atoms with Crippen molar-refractivity contribution in [2.75, 3.05) is 11.4 Å². The minimum atomic E-state index is -0.825. The topological polar surface area (TPSA) is 99.2 Å². The molecule has 9 heteroatoms. The predicted molar refractivity (Wildman–Crippen MR) is 101 cm³/mol. The van der Waals surface area contributed by atoms with E-state index in [2.05, 4.69) is 4.98 Å². The van der Waals surface area contributed by atoms with Gasteiger partial charge in [-0.2, -0.15) is 4.98 Å². The van der Waals surface area contributed by atoms with E-state index in [1.807, 2.05) is 13.8 Å². The number of imidazole rings is 1. The number of amides is 1. The molecule has 146 valence electrons. The van der Waals surface area contributed by atoms with Crippen molar-refractivity contribution in [1.29, 1.82) is 0 Å². The van der Waals surface area contributed by atoms with Crippen LogP contribution in [0.4, 0.5) is 5.95 Å². The summed E-state index contributed by atoms with van der Waals surface area (Å²) in [5.41, 5.74) is -0.935. The lowest BCUT2D eigenvalue weighted by atomic mass is 9.97. The van der Waals surface area contributed by atoms with E-state index in [9.17, 15) is 19.2 Å². The van der Waals surface area contributed by atoms with E-state index in [1.165, 1.54) is 28.1 Å². The van der Waals surface area contributed by atoms with Crippen molar-refractivity contribution in [2.24, 2.45) is 20.0 Å². The lowest BCUT2D eigenvalue weighted by Crippen LogP contribution is -2.48. The molecule has 27 heavy (non-hydrogen) atoms. The summed E-state index contributed by atoms with van der Waals surface area (Å²) in [6.07, 6.45) is 3.66. The Labute approximate surface area is 156 Å². The van der Waals surface area contributed by atoms with Crippen molar-refractivity contribution < 1.29 is 9.59 Å².